The van der Waals surface area contributed by atoms with Gasteiger partial charge in [0.15, 0.2) is 5.82 Å². The Morgan fingerprint density at radius 3 is 2.95 bits per heavy atom. The number of carbonyl (C=O) groups is 1. The number of nitrogens with zero attached hydrogens (tertiary/aromatic N) is 1. The fourth-order valence-corrected chi connectivity index (χ4v) is 2.28. The minimum absolute atomic E-state index is 0.250. The molecule has 106 valence electrons. The first kappa shape index (κ1) is 14.4. The third-order valence-corrected chi connectivity index (χ3v) is 3.40. The van der Waals surface area contributed by atoms with Gasteiger partial charge in [-0.3, -0.25) is 5.32 Å². The van der Waals surface area contributed by atoms with Crippen molar-refractivity contribution in [1.29, 1.82) is 0 Å². The van der Waals surface area contributed by atoms with Crippen LogP contribution in [-0.4, -0.2) is 23.5 Å². The lowest BCUT2D eigenvalue weighted by atomic mass is 10.3. The Kier molecular flexibility index (Phi) is 5.00. The predicted molar refractivity (Wildman–Crippen MR) is 75.4 cm³/mol. The number of anilines is 1. The normalized spacial score (nSPS) is 10.3. The van der Waals surface area contributed by atoms with Crippen LogP contribution >= 0.6 is 11.8 Å². The highest BCUT2D eigenvalue weighted by molar-refractivity contribution is 7.99. The van der Waals surface area contributed by atoms with Gasteiger partial charge >= 0.3 is 6.03 Å². The average Bonchev–Trinajstić information content (AvgIpc) is 2.82. The van der Waals surface area contributed by atoms with Crippen LogP contribution in [0.15, 0.2) is 39.8 Å². The predicted octanol–water partition coefficient (Wildman–Crippen LogP) is 3.04. The van der Waals surface area contributed by atoms with E-state index in [0.29, 0.717) is 28.8 Å². The van der Waals surface area contributed by atoms with Crippen LogP contribution in [0, 0.1) is 12.7 Å². The van der Waals surface area contributed by atoms with E-state index in [0.717, 1.165) is 0 Å². The molecule has 20 heavy (non-hydrogen) atoms. The fraction of sp³-hybridized carbons (Fsp3) is 0.231. The number of carbonyl (C=O) groups excluding carboxylic acids is 1. The molecule has 0 fully saturated rings. The molecule has 0 bridgehead atoms. The molecule has 1 aromatic carbocycles. The highest BCUT2D eigenvalue weighted by Gasteiger charge is 2.05. The summed E-state index contributed by atoms with van der Waals surface area (Å²) in [5.41, 5.74) is 0. The minimum atomic E-state index is -0.368. The van der Waals surface area contributed by atoms with Crippen LogP contribution in [0.3, 0.4) is 0 Å². The number of benzene rings is 1. The van der Waals surface area contributed by atoms with Crippen LogP contribution < -0.4 is 10.6 Å². The number of aryl methyl sites for hydroxylation is 1. The quantitative estimate of drug-likeness (QED) is 0.657. The lowest BCUT2D eigenvalue weighted by Crippen LogP contribution is -2.30. The van der Waals surface area contributed by atoms with Crippen molar-refractivity contribution in [2.75, 3.05) is 17.6 Å². The Bertz CT molecular complexity index is 589. The molecule has 2 aromatic rings. The van der Waals surface area contributed by atoms with E-state index in [9.17, 15) is 9.18 Å². The summed E-state index contributed by atoms with van der Waals surface area (Å²) in [7, 11) is 0. The molecule has 1 aromatic heterocycles. The Morgan fingerprint density at radius 1 is 1.45 bits per heavy atom. The second-order valence-corrected chi connectivity index (χ2v) is 5.12. The van der Waals surface area contributed by atoms with Gasteiger partial charge in [-0.15, -0.1) is 11.8 Å². The molecule has 0 atom stereocenters. The third-order valence-electron chi connectivity index (χ3n) is 2.35. The molecular formula is C13H14FN3O2S. The van der Waals surface area contributed by atoms with E-state index >= 15 is 0 Å². The molecule has 0 aliphatic rings. The molecule has 0 aliphatic carbocycles. The summed E-state index contributed by atoms with van der Waals surface area (Å²) in [6.45, 7) is 2.16. The number of hydrogen-bond donors (Lipinski definition) is 2. The maximum absolute atomic E-state index is 13.3. The second-order valence-electron chi connectivity index (χ2n) is 3.98. The van der Waals surface area contributed by atoms with Crippen LogP contribution in [0.25, 0.3) is 0 Å². The summed E-state index contributed by atoms with van der Waals surface area (Å²) < 4.78 is 18.1. The van der Waals surface area contributed by atoms with Crippen molar-refractivity contribution in [2.45, 2.75) is 11.8 Å². The number of aromatic nitrogens is 1. The van der Waals surface area contributed by atoms with Crippen molar-refractivity contribution in [3.8, 4) is 0 Å². The van der Waals surface area contributed by atoms with Crippen LogP contribution in [0.2, 0.25) is 0 Å². The first-order chi connectivity index (χ1) is 9.65. The van der Waals surface area contributed by atoms with E-state index in [1.807, 2.05) is 0 Å². The summed E-state index contributed by atoms with van der Waals surface area (Å²) in [4.78, 5) is 12.1. The first-order valence-electron chi connectivity index (χ1n) is 6.00. The van der Waals surface area contributed by atoms with Crippen molar-refractivity contribution in [3.63, 3.8) is 0 Å². The average molecular weight is 295 g/mol. The Hall–Kier alpha value is -2.02. The monoisotopic (exact) mass is 295 g/mol. The molecule has 2 rings (SSSR count). The maximum atomic E-state index is 13.3. The third kappa shape index (κ3) is 4.27. The van der Waals surface area contributed by atoms with E-state index in [-0.39, 0.29) is 11.8 Å². The van der Waals surface area contributed by atoms with Gasteiger partial charge in [0.2, 0.25) is 0 Å². The number of rotatable bonds is 5. The molecule has 2 amide bonds. The molecule has 0 unspecified atom stereocenters. The largest absolute Gasteiger partial charge is 0.360 e. The van der Waals surface area contributed by atoms with Gasteiger partial charge in [0.25, 0.3) is 0 Å². The standard InChI is InChI=1S/C13H14FN3O2S/c1-9-8-12(17-19-9)16-13(18)15-6-7-20-11-5-3-2-4-10(11)14/h2-5,8H,6-7H2,1H3,(H2,15,16,17,18). The van der Waals surface area contributed by atoms with Gasteiger partial charge in [-0.05, 0) is 19.1 Å². The summed E-state index contributed by atoms with van der Waals surface area (Å²) >= 11 is 1.35. The van der Waals surface area contributed by atoms with Gasteiger partial charge in [-0.2, -0.15) is 0 Å². The molecule has 2 N–H and O–H groups in total. The van der Waals surface area contributed by atoms with Gasteiger partial charge < -0.3 is 9.84 Å². The first-order valence-corrected chi connectivity index (χ1v) is 6.99. The van der Waals surface area contributed by atoms with Crippen molar-refractivity contribution >= 4 is 23.6 Å². The van der Waals surface area contributed by atoms with Gasteiger partial charge in [0, 0.05) is 23.3 Å². The van der Waals surface area contributed by atoms with E-state index < -0.39 is 0 Å². The van der Waals surface area contributed by atoms with Crippen molar-refractivity contribution in [2.24, 2.45) is 0 Å². The summed E-state index contributed by atoms with van der Waals surface area (Å²) in [5.74, 6) is 1.31. The van der Waals surface area contributed by atoms with E-state index in [2.05, 4.69) is 15.8 Å². The van der Waals surface area contributed by atoms with Crippen molar-refractivity contribution in [3.05, 3.63) is 41.9 Å². The number of nitrogens with one attached hydrogen (secondary N) is 2. The second kappa shape index (κ2) is 6.95. The number of hydrogen-bond acceptors (Lipinski definition) is 4. The minimum Gasteiger partial charge on any atom is -0.360 e. The lowest BCUT2D eigenvalue weighted by Gasteiger charge is -2.05. The number of halogens is 1. The fourth-order valence-electron chi connectivity index (χ4n) is 1.47. The summed E-state index contributed by atoms with van der Waals surface area (Å²) in [6, 6.07) is 7.79. The molecule has 0 aliphatic heterocycles. The van der Waals surface area contributed by atoms with Crippen LogP contribution in [-0.2, 0) is 0 Å². The number of urea groups is 1. The van der Waals surface area contributed by atoms with Crippen LogP contribution in [0.5, 0.6) is 0 Å². The van der Waals surface area contributed by atoms with Gasteiger partial charge in [0.1, 0.15) is 11.6 Å². The molecule has 0 radical (unpaired) electrons. The Morgan fingerprint density at radius 2 is 2.25 bits per heavy atom. The summed E-state index contributed by atoms with van der Waals surface area (Å²) in [5, 5.41) is 8.83. The zero-order valence-corrected chi connectivity index (χ0v) is 11.7. The van der Waals surface area contributed by atoms with Gasteiger partial charge in [-0.1, -0.05) is 17.3 Å². The zero-order chi connectivity index (χ0) is 14.4. The molecule has 7 heteroatoms. The topological polar surface area (TPSA) is 67.2 Å². The molecule has 0 saturated carbocycles. The van der Waals surface area contributed by atoms with E-state index in [1.54, 1.807) is 31.2 Å². The van der Waals surface area contributed by atoms with Gasteiger partial charge in [0.05, 0.1) is 0 Å². The highest BCUT2D eigenvalue weighted by atomic mass is 32.2. The maximum Gasteiger partial charge on any atom is 0.320 e. The molecular weight excluding hydrogens is 281 g/mol. The van der Waals surface area contributed by atoms with Crippen molar-refractivity contribution in [1.82, 2.24) is 10.5 Å². The molecule has 5 nitrogen and oxygen atoms in total. The van der Waals surface area contributed by atoms with Crippen LogP contribution in [0.1, 0.15) is 5.76 Å². The van der Waals surface area contributed by atoms with E-state index in [1.165, 1.54) is 17.8 Å². The summed E-state index contributed by atoms with van der Waals surface area (Å²) in [6.07, 6.45) is 0. The molecule has 1 heterocycles. The smallest absolute Gasteiger partial charge is 0.320 e. The van der Waals surface area contributed by atoms with Crippen molar-refractivity contribution < 1.29 is 13.7 Å². The van der Waals surface area contributed by atoms with Gasteiger partial charge in [-0.25, -0.2) is 9.18 Å². The SMILES string of the molecule is Cc1cc(NC(=O)NCCSc2ccccc2F)no1. The Balaban J connectivity index is 1.68. The lowest BCUT2D eigenvalue weighted by molar-refractivity contribution is 0.252. The number of thioether (sulfide) groups is 1. The highest BCUT2D eigenvalue weighted by Crippen LogP contribution is 2.20. The van der Waals surface area contributed by atoms with Crippen LogP contribution in [0.4, 0.5) is 15.0 Å². The zero-order valence-electron chi connectivity index (χ0n) is 10.9. The van der Waals surface area contributed by atoms with E-state index in [4.69, 9.17) is 4.52 Å². The molecule has 0 spiro atoms. The Labute approximate surface area is 119 Å². The molecule has 0 saturated heterocycles. The number of amides is 2.